The maximum Gasteiger partial charge on any atom is 0.341 e. The van der Waals surface area contributed by atoms with E-state index in [0.29, 0.717) is 34.8 Å². The van der Waals surface area contributed by atoms with Crippen molar-refractivity contribution < 1.29 is 28.5 Å². The van der Waals surface area contributed by atoms with Crippen LogP contribution in [-0.2, 0) is 14.3 Å². The van der Waals surface area contributed by atoms with E-state index in [2.05, 4.69) is 0 Å². The Morgan fingerprint density at radius 3 is 1.94 bits per heavy atom. The number of rotatable bonds is 9. The van der Waals surface area contributed by atoms with Crippen molar-refractivity contribution in [3.63, 3.8) is 0 Å². The molecule has 0 unspecified atom stereocenters. The number of benzene rings is 2. The van der Waals surface area contributed by atoms with Gasteiger partial charge in [0.15, 0.2) is 5.78 Å². The lowest BCUT2D eigenvalue weighted by Crippen LogP contribution is -2.16. The first kappa shape index (κ1) is 23.7. The van der Waals surface area contributed by atoms with Gasteiger partial charge < -0.3 is 18.9 Å². The summed E-state index contributed by atoms with van der Waals surface area (Å²) in [5, 5.41) is 0. The third-order valence-electron chi connectivity index (χ3n) is 4.96. The van der Waals surface area contributed by atoms with Gasteiger partial charge in [-0.25, -0.2) is 4.79 Å². The van der Waals surface area contributed by atoms with Crippen molar-refractivity contribution in [2.24, 2.45) is 0 Å². The monoisotopic (exact) mass is 424 g/mol. The molecule has 0 saturated heterocycles. The summed E-state index contributed by atoms with van der Waals surface area (Å²) in [5.74, 6) is 0.141. The van der Waals surface area contributed by atoms with E-state index in [-0.39, 0.29) is 5.57 Å². The van der Waals surface area contributed by atoms with Gasteiger partial charge in [-0.2, -0.15) is 0 Å². The van der Waals surface area contributed by atoms with Gasteiger partial charge in [0.05, 0.1) is 34.0 Å². The van der Waals surface area contributed by atoms with Crippen molar-refractivity contribution in [3.05, 3.63) is 64.7 Å². The van der Waals surface area contributed by atoms with Gasteiger partial charge in [0.2, 0.25) is 0 Å². The van der Waals surface area contributed by atoms with E-state index in [9.17, 15) is 9.59 Å². The Balaban J connectivity index is 2.69. The number of carbonyl (C=O) groups is 2. The maximum atomic E-state index is 13.4. The molecule has 0 aliphatic heterocycles. The quantitative estimate of drug-likeness (QED) is 0.251. The number of methoxy groups -OCH3 is 4. The number of esters is 1. The average Bonchev–Trinajstić information content (AvgIpc) is 2.82. The molecule has 0 aliphatic carbocycles. The van der Waals surface area contributed by atoms with Gasteiger partial charge in [-0.3, -0.25) is 4.79 Å². The van der Waals surface area contributed by atoms with Crippen molar-refractivity contribution in [2.75, 3.05) is 28.4 Å². The number of ketones is 1. The SMILES string of the molecule is CC/C(=C(/C)C(=O)/C(=C\c1c(OC)cc(OC)cc1OC)C(=O)OC)c1ccccc1. The molecule has 0 N–H and O–H groups in total. The predicted molar refractivity (Wildman–Crippen MR) is 120 cm³/mol. The molecule has 164 valence electrons. The van der Waals surface area contributed by atoms with Gasteiger partial charge in [-0.05, 0) is 30.6 Å². The third kappa shape index (κ3) is 5.34. The molecule has 2 aromatic carbocycles. The van der Waals surface area contributed by atoms with Gasteiger partial charge >= 0.3 is 5.97 Å². The Morgan fingerprint density at radius 1 is 0.903 bits per heavy atom. The molecule has 0 aliphatic rings. The highest BCUT2D eigenvalue weighted by Crippen LogP contribution is 2.36. The Hall–Kier alpha value is -3.54. The molecule has 0 atom stereocenters. The molecular formula is C25H28O6. The molecule has 0 bridgehead atoms. The Kier molecular flexibility index (Phi) is 8.43. The summed E-state index contributed by atoms with van der Waals surface area (Å²) < 4.78 is 21.1. The fraction of sp³-hybridized carbons (Fsp3) is 0.280. The summed E-state index contributed by atoms with van der Waals surface area (Å²) in [4.78, 5) is 26.0. The predicted octanol–water partition coefficient (Wildman–Crippen LogP) is 4.72. The summed E-state index contributed by atoms with van der Waals surface area (Å²) >= 11 is 0. The highest BCUT2D eigenvalue weighted by Gasteiger charge is 2.24. The minimum atomic E-state index is -0.743. The van der Waals surface area contributed by atoms with Crippen molar-refractivity contribution in [1.82, 2.24) is 0 Å². The van der Waals surface area contributed by atoms with Crippen LogP contribution in [0.5, 0.6) is 17.2 Å². The van der Waals surface area contributed by atoms with E-state index in [1.54, 1.807) is 19.1 Å². The second kappa shape index (κ2) is 11.0. The lowest BCUT2D eigenvalue weighted by atomic mass is 9.92. The van der Waals surface area contributed by atoms with Crippen LogP contribution in [0.2, 0.25) is 0 Å². The lowest BCUT2D eigenvalue weighted by Gasteiger charge is -2.15. The second-order valence-electron chi connectivity index (χ2n) is 6.65. The molecule has 31 heavy (non-hydrogen) atoms. The van der Waals surface area contributed by atoms with E-state index in [4.69, 9.17) is 18.9 Å². The molecule has 0 aromatic heterocycles. The number of carbonyl (C=O) groups excluding carboxylic acids is 2. The van der Waals surface area contributed by atoms with Gasteiger partial charge in [-0.15, -0.1) is 0 Å². The molecule has 6 nitrogen and oxygen atoms in total. The summed E-state index contributed by atoms with van der Waals surface area (Å²) in [6, 6.07) is 12.9. The van der Waals surface area contributed by atoms with E-state index < -0.39 is 11.8 Å². The molecule has 0 heterocycles. The molecule has 0 radical (unpaired) electrons. The van der Waals surface area contributed by atoms with Crippen LogP contribution in [0.3, 0.4) is 0 Å². The van der Waals surface area contributed by atoms with Gasteiger partial charge in [0, 0.05) is 17.7 Å². The van der Waals surface area contributed by atoms with Crippen molar-refractivity contribution >= 4 is 23.4 Å². The number of hydrogen-bond donors (Lipinski definition) is 0. The molecule has 0 amide bonds. The Labute approximate surface area is 183 Å². The molecule has 0 spiro atoms. The van der Waals surface area contributed by atoms with Gasteiger partial charge in [0.25, 0.3) is 0 Å². The first-order chi connectivity index (χ1) is 14.9. The zero-order chi connectivity index (χ0) is 23.0. The van der Waals surface area contributed by atoms with E-state index >= 15 is 0 Å². The normalized spacial score (nSPS) is 12.0. The highest BCUT2D eigenvalue weighted by atomic mass is 16.5. The van der Waals surface area contributed by atoms with E-state index in [1.165, 1.54) is 34.5 Å². The largest absolute Gasteiger partial charge is 0.496 e. The van der Waals surface area contributed by atoms with Crippen LogP contribution < -0.4 is 14.2 Å². The van der Waals surface area contributed by atoms with Gasteiger partial charge in [-0.1, -0.05) is 37.3 Å². The highest BCUT2D eigenvalue weighted by molar-refractivity contribution is 6.28. The maximum absolute atomic E-state index is 13.4. The first-order valence-corrected chi connectivity index (χ1v) is 9.81. The lowest BCUT2D eigenvalue weighted by molar-refractivity contribution is -0.137. The average molecular weight is 424 g/mol. The number of Topliss-reactive ketones (excluding diaryl/α,β-unsaturated/α-hetero) is 1. The number of hydrogen-bond acceptors (Lipinski definition) is 6. The number of ether oxygens (including phenoxy) is 4. The molecule has 2 rings (SSSR count). The Morgan fingerprint density at radius 2 is 1.48 bits per heavy atom. The van der Waals surface area contributed by atoms with Crippen LogP contribution in [0.25, 0.3) is 11.6 Å². The zero-order valence-electron chi connectivity index (χ0n) is 18.8. The van der Waals surface area contributed by atoms with E-state index in [1.807, 2.05) is 37.3 Å². The van der Waals surface area contributed by atoms with Crippen LogP contribution in [0.15, 0.2) is 53.6 Å². The van der Waals surface area contributed by atoms with Crippen molar-refractivity contribution in [3.8, 4) is 17.2 Å². The Bertz CT molecular complexity index is 977. The topological polar surface area (TPSA) is 71.1 Å². The number of allylic oxidation sites excluding steroid dienone is 2. The minimum Gasteiger partial charge on any atom is -0.496 e. The van der Waals surface area contributed by atoms with Crippen LogP contribution in [-0.4, -0.2) is 40.2 Å². The second-order valence-corrected chi connectivity index (χ2v) is 6.65. The molecule has 6 heteroatoms. The zero-order valence-corrected chi connectivity index (χ0v) is 18.8. The summed E-state index contributed by atoms with van der Waals surface area (Å²) in [6.45, 7) is 3.68. The molecule has 2 aromatic rings. The minimum absolute atomic E-state index is 0.122. The van der Waals surface area contributed by atoms with Crippen LogP contribution in [0.4, 0.5) is 0 Å². The van der Waals surface area contributed by atoms with Crippen molar-refractivity contribution in [1.29, 1.82) is 0 Å². The summed E-state index contributed by atoms with van der Waals surface area (Å²) in [5.41, 5.74) is 2.57. The van der Waals surface area contributed by atoms with Crippen LogP contribution in [0.1, 0.15) is 31.4 Å². The van der Waals surface area contributed by atoms with Crippen LogP contribution in [0, 0.1) is 0 Å². The van der Waals surface area contributed by atoms with Crippen molar-refractivity contribution in [2.45, 2.75) is 20.3 Å². The molecule has 0 fully saturated rings. The fourth-order valence-corrected chi connectivity index (χ4v) is 3.31. The van der Waals surface area contributed by atoms with Crippen LogP contribution >= 0.6 is 0 Å². The van der Waals surface area contributed by atoms with Gasteiger partial charge in [0.1, 0.15) is 22.8 Å². The third-order valence-corrected chi connectivity index (χ3v) is 4.96. The summed E-state index contributed by atoms with van der Waals surface area (Å²) in [7, 11) is 5.74. The summed E-state index contributed by atoms with van der Waals surface area (Å²) in [6.07, 6.45) is 2.07. The smallest absolute Gasteiger partial charge is 0.341 e. The fourth-order valence-electron chi connectivity index (χ4n) is 3.31. The molecule has 0 saturated carbocycles. The van der Waals surface area contributed by atoms with E-state index in [0.717, 1.165) is 11.1 Å². The standard InChI is InChI=1S/C25H28O6/c1-7-19(17-11-9-8-10-12-17)16(2)24(26)21(25(27)31-6)15-20-22(29-4)13-18(28-3)14-23(20)30-5/h8-15H,7H2,1-6H3/b19-16+,21-15+. The first-order valence-electron chi connectivity index (χ1n) is 9.81. The molecular weight excluding hydrogens is 396 g/mol.